The number of unbranched alkanes of at least 4 members (excludes halogenated alkanes) is 1. The standard InChI is InChI=1S/C16H35NO2/c1-7-9-12-17-14(18)15(3,4)11-13-19-16(5,6)10-8-2/h14,17-18H,7-13H2,1-6H3. The summed E-state index contributed by atoms with van der Waals surface area (Å²) in [6, 6.07) is 0. The van der Waals surface area contributed by atoms with E-state index in [-0.39, 0.29) is 11.0 Å². The zero-order valence-corrected chi connectivity index (χ0v) is 13.9. The van der Waals surface area contributed by atoms with Crippen LogP contribution in [0.4, 0.5) is 0 Å². The van der Waals surface area contributed by atoms with Crippen molar-refractivity contribution >= 4 is 0 Å². The van der Waals surface area contributed by atoms with Crippen LogP contribution in [0.3, 0.4) is 0 Å². The molecule has 0 aliphatic rings. The van der Waals surface area contributed by atoms with Crippen molar-refractivity contribution < 1.29 is 9.84 Å². The first kappa shape index (κ1) is 18.9. The molecule has 0 radical (unpaired) electrons. The molecule has 0 rings (SSSR count). The first-order valence-electron chi connectivity index (χ1n) is 7.80. The van der Waals surface area contributed by atoms with Gasteiger partial charge in [0.05, 0.1) is 5.60 Å². The van der Waals surface area contributed by atoms with Gasteiger partial charge >= 0.3 is 0 Å². The van der Waals surface area contributed by atoms with Crippen LogP contribution in [-0.4, -0.2) is 30.1 Å². The molecule has 0 heterocycles. The summed E-state index contributed by atoms with van der Waals surface area (Å²) in [7, 11) is 0. The van der Waals surface area contributed by atoms with E-state index < -0.39 is 6.23 Å². The Morgan fingerprint density at radius 2 is 1.68 bits per heavy atom. The molecule has 0 aliphatic carbocycles. The number of ether oxygens (including phenoxy) is 1. The quantitative estimate of drug-likeness (QED) is 0.445. The van der Waals surface area contributed by atoms with Crippen molar-refractivity contribution in [2.45, 2.75) is 85.5 Å². The molecule has 0 saturated heterocycles. The van der Waals surface area contributed by atoms with E-state index in [1.165, 1.54) is 0 Å². The highest BCUT2D eigenvalue weighted by atomic mass is 16.5. The maximum atomic E-state index is 10.2. The molecule has 0 aromatic heterocycles. The Morgan fingerprint density at radius 3 is 2.21 bits per heavy atom. The minimum absolute atomic E-state index is 0.0502. The largest absolute Gasteiger partial charge is 0.378 e. The average molecular weight is 273 g/mol. The van der Waals surface area contributed by atoms with Gasteiger partial charge in [-0.15, -0.1) is 0 Å². The van der Waals surface area contributed by atoms with E-state index in [0.29, 0.717) is 6.61 Å². The monoisotopic (exact) mass is 273 g/mol. The maximum Gasteiger partial charge on any atom is 0.110 e. The predicted octanol–water partition coefficient (Wildman–Crippen LogP) is 3.71. The van der Waals surface area contributed by atoms with Crippen molar-refractivity contribution in [3.63, 3.8) is 0 Å². The van der Waals surface area contributed by atoms with Gasteiger partial charge in [0.25, 0.3) is 0 Å². The van der Waals surface area contributed by atoms with E-state index in [0.717, 1.165) is 38.6 Å². The molecular formula is C16H35NO2. The number of aliphatic hydroxyl groups is 1. The Morgan fingerprint density at radius 1 is 1.05 bits per heavy atom. The van der Waals surface area contributed by atoms with Gasteiger partial charge in [0.2, 0.25) is 0 Å². The van der Waals surface area contributed by atoms with Crippen LogP contribution >= 0.6 is 0 Å². The third-order valence-corrected chi connectivity index (χ3v) is 3.70. The molecular weight excluding hydrogens is 238 g/mol. The zero-order valence-electron chi connectivity index (χ0n) is 13.9. The highest BCUT2D eigenvalue weighted by Gasteiger charge is 2.28. The molecule has 3 nitrogen and oxygen atoms in total. The second-order valence-corrected chi connectivity index (χ2v) is 6.81. The summed E-state index contributed by atoms with van der Waals surface area (Å²) in [4.78, 5) is 0. The van der Waals surface area contributed by atoms with Gasteiger partial charge in [-0.05, 0) is 39.7 Å². The lowest BCUT2D eigenvalue weighted by Crippen LogP contribution is -2.43. The lowest BCUT2D eigenvalue weighted by molar-refractivity contribution is -0.0561. The number of hydrogen-bond acceptors (Lipinski definition) is 3. The van der Waals surface area contributed by atoms with Crippen molar-refractivity contribution in [1.29, 1.82) is 0 Å². The summed E-state index contributed by atoms with van der Waals surface area (Å²) in [6.07, 6.45) is 4.86. The van der Waals surface area contributed by atoms with Crippen LogP contribution in [0.15, 0.2) is 0 Å². The molecule has 0 aliphatic heterocycles. The smallest absolute Gasteiger partial charge is 0.110 e. The highest BCUT2D eigenvalue weighted by molar-refractivity contribution is 4.77. The normalized spacial score (nSPS) is 14.7. The molecule has 0 bridgehead atoms. The molecule has 1 unspecified atom stereocenters. The van der Waals surface area contributed by atoms with Crippen LogP contribution in [-0.2, 0) is 4.74 Å². The number of rotatable bonds is 11. The minimum atomic E-state index is -0.461. The van der Waals surface area contributed by atoms with Gasteiger partial charge in [0, 0.05) is 12.0 Å². The summed E-state index contributed by atoms with van der Waals surface area (Å²) in [5.41, 5.74) is -0.207. The Bertz CT molecular complexity index is 227. The van der Waals surface area contributed by atoms with E-state index in [1.54, 1.807) is 0 Å². The second kappa shape index (κ2) is 8.93. The van der Waals surface area contributed by atoms with Gasteiger partial charge in [-0.25, -0.2) is 0 Å². The molecule has 0 aromatic rings. The Labute approximate surface area is 120 Å². The second-order valence-electron chi connectivity index (χ2n) is 6.81. The van der Waals surface area contributed by atoms with Gasteiger partial charge in [0.1, 0.15) is 6.23 Å². The Hall–Kier alpha value is -0.120. The van der Waals surface area contributed by atoms with Gasteiger partial charge in [-0.2, -0.15) is 0 Å². The summed E-state index contributed by atoms with van der Waals surface area (Å²) in [5.74, 6) is 0. The van der Waals surface area contributed by atoms with Crippen molar-refractivity contribution in [3.05, 3.63) is 0 Å². The lowest BCUT2D eigenvalue weighted by atomic mass is 9.87. The third-order valence-electron chi connectivity index (χ3n) is 3.70. The van der Waals surface area contributed by atoms with Crippen molar-refractivity contribution in [2.24, 2.45) is 5.41 Å². The van der Waals surface area contributed by atoms with Crippen LogP contribution in [0.5, 0.6) is 0 Å². The molecule has 2 N–H and O–H groups in total. The minimum Gasteiger partial charge on any atom is -0.378 e. The fraction of sp³-hybridized carbons (Fsp3) is 1.00. The van der Waals surface area contributed by atoms with Crippen LogP contribution in [0.1, 0.15) is 73.6 Å². The van der Waals surface area contributed by atoms with Gasteiger partial charge in [-0.3, -0.25) is 5.32 Å². The summed E-state index contributed by atoms with van der Waals surface area (Å²) >= 11 is 0. The molecule has 0 amide bonds. The molecule has 116 valence electrons. The molecule has 0 spiro atoms. The molecule has 0 fully saturated rings. The number of hydrogen-bond donors (Lipinski definition) is 2. The summed E-state index contributed by atoms with van der Waals surface area (Å²) in [5, 5.41) is 13.4. The Balaban J connectivity index is 4.01. The van der Waals surface area contributed by atoms with Crippen molar-refractivity contribution in [1.82, 2.24) is 5.32 Å². The van der Waals surface area contributed by atoms with Crippen molar-refractivity contribution in [3.8, 4) is 0 Å². The fourth-order valence-electron chi connectivity index (χ4n) is 2.09. The Kier molecular flexibility index (Phi) is 8.88. The zero-order chi connectivity index (χ0) is 14.9. The van der Waals surface area contributed by atoms with E-state index in [2.05, 4.69) is 46.9 Å². The van der Waals surface area contributed by atoms with Gasteiger partial charge < -0.3 is 9.84 Å². The van der Waals surface area contributed by atoms with E-state index in [4.69, 9.17) is 4.74 Å². The van der Waals surface area contributed by atoms with Gasteiger partial charge in [0.15, 0.2) is 0 Å². The molecule has 0 saturated carbocycles. The maximum absolute atomic E-state index is 10.2. The highest BCUT2D eigenvalue weighted by Crippen LogP contribution is 2.26. The van der Waals surface area contributed by atoms with E-state index in [9.17, 15) is 5.11 Å². The molecule has 3 heteroatoms. The fourth-order valence-corrected chi connectivity index (χ4v) is 2.09. The SMILES string of the molecule is CCCCNC(O)C(C)(C)CCOC(C)(C)CCC. The van der Waals surface area contributed by atoms with Crippen LogP contribution in [0.25, 0.3) is 0 Å². The van der Waals surface area contributed by atoms with Crippen LogP contribution in [0, 0.1) is 5.41 Å². The van der Waals surface area contributed by atoms with E-state index >= 15 is 0 Å². The van der Waals surface area contributed by atoms with E-state index in [1.807, 2.05) is 0 Å². The molecule has 0 aromatic carbocycles. The molecule has 1 atom stereocenters. The third kappa shape index (κ3) is 8.61. The van der Waals surface area contributed by atoms with Crippen molar-refractivity contribution in [2.75, 3.05) is 13.2 Å². The van der Waals surface area contributed by atoms with Gasteiger partial charge in [-0.1, -0.05) is 40.5 Å². The first-order chi connectivity index (χ1) is 8.75. The predicted molar refractivity (Wildman–Crippen MR) is 82.3 cm³/mol. The lowest BCUT2D eigenvalue weighted by Gasteiger charge is -2.33. The average Bonchev–Trinajstić information content (AvgIpc) is 2.28. The topological polar surface area (TPSA) is 41.5 Å². The number of nitrogens with one attached hydrogen (secondary N) is 1. The number of aliphatic hydroxyl groups excluding tert-OH is 1. The molecule has 19 heavy (non-hydrogen) atoms. The first-order valence-corrected chi connectivity index (χ1v) is 7.80. The summed E-state index contributed by atoms with van der Waals surface area (Å²) < 4.78 is 5.94. The van der Waals surface area contributed by atoms with Crippen LogP contribution < -0.4 is 5.32 Å². The van der Waals surface area contributed by atoms with Crippen LogP contribution in [0.2, 0.25) is 0 Å². The summed E-state index contributed by atoms with van der Waals surface area (Å²) in [6.45, 7) is 14.4.